The lowest BCUT2D eigenvalue weighted by Crippen LogP contribution is -2.53. The van der Waals surface area contributed by atoms with Crippen LogP contribution in [0.3, 0.4) is 0 Å². The van der Waals surface area contributed by atoms with Crippen molar-refractivity contribution in [2.45, 2.75) is 64.1 Å². The molecular weight excluding hydrogens is 679 g/mol. The van der Waals surface area contributed by atoms with Gasteiger partial charge in [0, 0.05) is 29.2 Å². The highest BCUT2D eigenvalue weighted by atomic mass is 35.5. The van der Waals surface area contributed by atoms with Crippen LogP contribution >= 0.6 is 34.8 Å². The summed E-state index contributed by atoms with van der Waals surface area (Å²) in [7, 11) is -3.34. The summed E-state index contributed by atoms with van der Waals surface area (Å²) in [6.45, 7) is 6.02. The minimum atomic E-state index is -4.66. The van der Waals surface area contributed by atoms with Crippen molar-refractivity contribution in [3.8, 4) is 5.75 Å². The first-order valence-corrected chi connectivity index (χ1v) is 16.9. The van der Waals surface area contributed by atoms with Gasteiger partial charge in [0.2, 0.25) is 11.8 Å². The molecule has 2 atom stereocenters. The molecule has 3 rings (SSSR count). The maximum atomic E-state index is 14.3. The largest absolute Gasteiger partial charge is 0.495 e. The monoisotopic (exact) mass is 712 g/mol. The van der Waals surface area contributed by atoms with E-state index in [2.05, 4.69) is 5.32 Å². The molecule has 0 aromatic heterocycles. The lowest BCUT2D eigenvalue weighted by molar-refractivity contribution is -0.385. The summed E-state index contributed by atoms with van der Waals surface area (Å²) in [5.74, 6) is -1.10. The lowest BCUT2D eigenvalue weighted by Gasteiger charge is -2.34. The Bertz CT molecular complexity index is 1720. The predicted octanol–water partition coefficient (Wildman–Crippen LogP) is 6.79. The van der Waals surface area contributed by atoms with E-state index in [4.69, 9.17) is 39.5 Å². The fourth-order valence-electron chi connectivity index (χ4n) is 4.64. The summed E-state index contributed by atoms with van der Waals surface area (Å²) in [6, 6.07) is 11.3. The molecule has 1 N–H and O–H groups in total. The van der Waals surface area contributed by atoms with Gasteiger partial charge in [0.05, 0.1) is 32.7 Å². The Morgan fingerprint density at radius 1 is 1.00 bits per heavy atom. The zero-order valence-corrected chi connectivity index (χ0v) is 29.0. The maximum absolute atomic E-state index is 14.3. The highest BCUT2D eigenvalue weighted by Crippen LogP contribution is 2.36. The quantitative estimate of drug-likeness (QED) is 0.143. The fourth-order valence-corrected chi connectivity index (χ4v) is 6.56. The summed E-state index contributed by atoms with van der Waals surface area (Å²) in [5, 5.41) is 15.3. The van der Waals surface area contributed by atoms with E-state index >= 15 is 0 Å². The first-order chi connectivity index (χ1) is 21.6. The number of methoxy groups -OCH3 is 1. The second-order valence-electron chi connectivity index (χ2n) is 10.5. The Morgan fingerprint density at radius 2 is 1.70 bits per heavy atom. The zero-order chi connectivity index (χ0) is 34.3. The highest BCUT2D eigenvalue weighted by molar-refractivity contribution is 7.92. The van der Waals surface area contributed by atoms with Crippen LogP contribution in [0.25, 0.3) is 0 Å². The Hall–Kier alpha value is -3.58. The number of carbonyl (C=O) groups excluding carboxylic acids is 2. The van der Waals surface area contributed by atoms with Crippen LogP contribution in [0.4, 0.5) is 11.4 Å². The molecule has 0 unspecified atom stereocenters. The minimum absolute atomic E-state index is 0.0694. The van der Waals surface area contributed by atoms with Gasteiger partial charge in [-0.05, 0) is 68.7 Å². The number of nitrogens with one attached hydrogen (secondary N) is 1. The number of hydrogen-bond acceptors (Lipinski definition) is 7. The lowest BCUT2D eigenvalue weighted by atomic mass is 10.1. The molecule has 46 heavy (non-hydrogen) atoms. The van der Waals surface area contributed by atoms with E-state index in [1.165, 1.54) is 49.3 Å². The van der Waals surface area contributed by atoms with Gasteiger partial charge < -0.3 is 15.0 Å². The van der Waals surface area contributed by atoms with Gasteiger partial charge in [0.1, 0.15) is 18.3 Å². The van der Waals surface area contributed by atoms with Crippen molar-refractivity contribution in [2.75, 3.05) is 18.0 Å². The molecule has 0 aliphatic heterocycles. The molecule has 0 spiro atoms. The Balaban J connectivity index is 2.20. The number of nitrogens with zero attached hydrogens (tertiary/aromatic N) is 3. The normalized spacial score (nSPS) is 12.6. The number of sulfonamides is 1. The van der Waals surface area contributed by atoms with Crippen LogP contribution in [-0.4, -0.2) is 55.8 Å². The van der Waals surface area contributed by atoms with Gasteiger partial charge in [-0.15, -0.1) is 0 Å². The average molecular weight is 714 g/mol. The third-order valence-corrected chi connectivity index (χ3v) is 10.1. The molecule has 0 saturated carbocycles. The highest BCUT2D eigenvalue weighted by Gasteiger charge is 2.36. The van der Waals surface area contributed by atoms with Gasteiger partial charge in [-0.1, -0.05) is 60.8 Å². The number of carbonyl (C=O) groups is 2. The summed E-state index contributed by atoms with van der Waals surface area (Å²) < 4.78 is 34.8. The molecule has 0 bridgehead atoms. The molecule has 15 heteroatoms. The number of nitro groups is 1. The van der Waals surface area contributed by atoms with Crippen molar-refractivity contribution >= 4 is 68.0 Å². The Kier molecular flexibility index (Phi) is 12.7. The molecule has 11 nitrogen and oxygen atoms in total. The van der Waals surface area contributed by atoms with E-state index < -0.39 is 49.9 Å². The number of nitro benzene ring substituents is 1. The molecule has 0 heterocycles. The first-order valence-electron chi connectivity index (χ1n) is 14.3. The minimum Gasteiger partial charge on any atom is -0.495 e. The zero-order valence-electron chi connectivity index (χ0n) is 25.9. The average Bonchev–Trinajstić information content (AvgIpc) is 3.01. The summed E-state index contributed by atoms with van der Waals surface area (Å²) >= 11 is 18.6. The van der Waals surface area contributed by atoms with Gasteiger partial charge in [-0.25, -0.2) is 8.42 Å². The standard InChI is InChI=1S/C31H35Cl3N4O7S/c1-6-20(4)35-31(40)26(7-2)36(17-21-9-12-24(33)25(34)14-21)30(39)18-37(28-15-22(32)10-13-29(28)45-5)46(43,44)23-11-8-19(3)27(16-23)38(41)42/h8-16,20,26H,6-7,17-18H2,1-5H3,(H,35,40)/t20-,26+/m0/s1. The van der Waals surface area contributed by atoms with Crippen LogP contribution < -0.4 is 14.4 Å². The number of rotatable bonds is 14. The van der Waals surface area contributed by atoms with Crippen LogP contribution in [0.5, 0.6) is 5.75 Å². The second-order valence-corrected chi connectivity index (χ2v) is 13.7. The molecule has 3 aromatic rings. The third kappa shape index (κ3) is 8.61. The molecule has 0 fully saturated rings. The molecule has 2 amide bonds. The van der Waals surface area contributed by atoms with Crippen molar-refractivity contribution in [3.05, 3.63) is 90.9 Å². The van der Waals surface area contributed by atoms with Crippen molar-refractivity contribution in [3.63, 3.8) is 0 Å². The number of amides is 2. The molecular formula is C31H35Cl3N4O7S. The van der Waals surface area contributed by atoms with Gasteiger partial charge in [0.25, 0.3) is 15.7 Å². The molecule has 0 aliphatic carbocycles. The van der Waals surface area contributed by atoms with E-state index in [0.717, 1.165) is 10.4 Å². The number of ether oxygens (including phenoxy) is 1. The summed E-state index contributed by atoms with van der Waals surface area (Å²) in [4.78, 5) is 39.6. The molecule has 248 valence electrons. The molecule has 0 saturated heterocycles. The first kappa shape index (κ1) is 36.9. The van der Waals surface area contributed by atoms with Gasteiger partial charge in [0.15, 0.2) is 0 Å². The van der Waals surface area contributed by atoms with Crippen molar-refractivity contribution in [1.82, 2.24) is 10.2 Å². The van der Waals surface area contributed by atoms with E-state index in [1.807, 2.05) is 13.8 Å². The van der Waals surface area contributed by atoms with E-state index in [-0.39, 0.29) is 46.1 Å². The number of benzene rings is 3. The molecule has 3 aromatic carbocycles. The van der Waals surface area contributed by atoms with Crippen LogP contribution in [0.1, 0.15) is 44.7 Å². The van der Waals surface area contributed by atoms with Gasteiger partial charge in [-0.3, -0.25) is 24.0 Å². The topological polar surface area (TPSA) is 139 Å². The maximum Gasteiger partial charge on any atom is 0.273 e. The van der Waals surface area contributed by atoms with Crippen LogP contribution in [0.15, 0.2) is 59.5 Å². The van der Waals surface area contributed by atoms with Crippen LogP contribution in [0, 0.1) is 17.0 Å². The Morgan fingerprint density at radius 3 is 2.28 bits per heavy atom. The smallest absolute Gasteiger partial charge is 0.273 e. The SMILES string of the molecule is CC[C@H](C(=O)N[C@@H](C)CC)N(Cc1ccc(Cl)c(Cl)c1)C(=O)CN(c1cc(Cl)ccc1OC)S(=O)(=O)c1ccc(C)c([N+](=O)[O-])c1. The number of anilines is 1. The van der Waals surface area contributed by atoms with Crippen molar-refractivity contribution in [1.29, 1.82) is 0 Å². The predicted molar refractivity (Wildman–Crippen MR) is 179 cm³/mol. The van der Waals surface area contributed by atoms with Crippen LogP contribution in [-0.2, 0) is 26.2 Å². The van der Waals surface area contributed by atoms with E-state index in [0.29, 0.717) is 17.0 Å². The molecule has 0 radical (unpaired) electrons. The van der Waals surface area contributed by atoms with Crippen molar-refractivity contribution in [2.24, 2.45) is 0 Å². The fraction of sp³-hybridized carbons (Fsp3) is 0.355. The Labute approximate surface area is 283 Å². The van der Waals surface area contributed by atoms with Crippen molar-refractivity contribution < 1.29 is 27.7 Å². The number of halogens is 3. The number of aryl methyl sites for hydroxylation is 1. The second kappa shape index (κ2) is 15.8. The molecule has 0 aliphatic rings. The van der Waals surface area contributed by atoms with E-state index in [9.17, 15) is 28.1 Å². The third-order valence-electron chi connectivity index (χ3n) is 7.38. The van der Waals surface area contributed by atoms with E-state index in [1.54, 1.807) is 25.1 Å². The van der Waals surface area contributed by atoms with Gasteiger partial charge in [-0.2, -0.15) is 0 Å². The summed E-state index contributed by atoms with van der Waals surface area (Å²) in [5.41, 5.74) is 0.289. The van der Waals surface area contributed by atoms with Crippen LogP contribution in [0.2, 0.25) is 15.1 Å². The summed E-state index contributed by atoms with van der Waals surface area (Å²) in [6.07, 6.45) is 0.846. The van der Waals surface area contributed by atoms with Gasteiger partial charge >= 0.3 is 0 Å². The number of hydrogen-bond donors (Lipinski definition) is 1.